The van der Waals surface area contributed by atoms with Crippen molar-refractivity contribution < 1.29 is 38.4 Å². The van der Waals surface area contributed by atoms with Crippen molar-refractivity contribution in [1.29, 1.82) is 0 Å². The fourth-order valence-electron chi connectivity index (χ4n) is 7.44. The van der Waals surface area contributed by atoms with Gasteiger partial charge in [0.15, 0.2) is 6.29 Å². The van der Waals surface area contributed by atoms with Crippen molar-refractivity contribution in [3.8, 4) is 17.6 Å². The zero-order chi connectivity index (χ0) is 38.9. The number of hydrogen-bond donors (Lipinski definition) is 0. The monoisotopic (exact) mass is 748 g/mol. The van der Waals surface area contributed by atoms with Crippen LogP contribution in [0.25, 0.3) is 10.8 Å². The van der Waals surface area contributed by atoms with Gasteiger partial charge in [-0.3, -0.25) is 29.8 Å². The Morgan fingerprint density at radius 1 is 0.909 bits per heavy atom. The molecular weight excluding hydrogens is 704 g/mol. The Balaban J connectivity index is 1.23. The van der Waals surface area contributed by atoms with Crippen LogP contribution in [0.2, 0.25) is 0 Å². The van der Waals surface area contributed by atoms with Gasteiger partial charge in [-0.25, -0.2) is 0 Å². The zero-order valence-electron chi connectivity index (χ0n) is 30.8. The van der Waals surface area contributed by atoms with Gasteiger partial charge in [-0.1, -0.05) is 72.7 Å². The zero-order valence-corrected chi connectivity index (χ0v) is 30.8. The Labute approximate surface area is 319 Å². The fraction of sp³-hybridized carbons (Fsp3) is 0.395. The topological polar surface area (TPSA) is 157 Å². The molecule has 1 heterocycles. The molecule has 1 aliphatic carbocycles. The van der Waals surface area contributed by atoms with Crippen LogP contribution < -0.4 is 4.74 Å². The molecule has 2 aliphatic rings. The molecule has 2 fully saturated rings. The molecule has 0 bridgehead atoms. The van der Waals surface area contributed by atoms with Gasteiger partial charge in [0, 0.05) is 54.2 Å². The number of rotatable bonds is 15. The second kappa shape index (κ2) is 18.1. The number of Topliss-reactive ketones (excluding diaryl/α,β-unsaturated/α-hetero) is 1. The van der Waals surface area contributed by atoms with E-state index in [0.29, 0.717) is 25.7 Å². The highest BCUT2D eigenvalue weighted by molar-refractivity contribution is 5.88. The molecule has 1 saturated carbocycles. The number of carbonyl (C=O) groups is 2. The van der Waals surface area contributed by atoms with Crippen LogP contribution >= 0.6 is 0 Å². The molecule has 0 radical (unpaired) electrons. The summed E-state index contributed by atoms with van der Waals surface area (Å²) >= 11 is 0. The molecule has 1 aliphatic heterocycles. The lowest BCUT2D eigenvalue weighted by Gasteiger charge is -2.38. The van der Waals surface area contributed by atoms with Gasteiger partial charge in [0.2, 0.25) is 0 Å². The standard InChI is InChI=1S/C43H44N2O10/c1-28(2)52-41(47)19-8-4-7-17-39-42-34(37(46)27-40(42)55-43(54-39)31-21-25-35(44(48)49)36(26-31)45(50)51)24-23-32(22-20-29-12-5-3-6-13-29)53-38-18-11-15-30-14-9-10-16-33(30)38/h3,5-6,9-16,18,21,25-26,28,32,34,39-40,42-43H,4,8,19-20,22-24,27H2,1-2H3/t32-,34-,39?,40-,42-,43+/m0/s1. The molecule has 0 spiro atoms. The lowest BCUT2D eigenvalue weighted by Crippen LogP contribution is -2.42. The van der Waals surface area contributed by atoms with Crippen molar-refractivity contribution in [2.45, 2.75) is 95.9 Å². The highest BCUT2D eigenvalue weighted by atomic mass is 16.7. The minimum Gasteiger partial charge on any atom is -0.490 e. The summed E-state index contributed by atoms with van der Waals surface area (Å²) in [6.45, 7) is 3.57. The van der Waals surface area contributed by atoms with Crippen molar-refractivity contribution in [1.82, 2.24) is 0 Å². The molecule has 0 N–H and O–H groups in total. The van der Waals surface area contributed by atoms with Crippen LogP contribution in [0, 0.1) is 43.9 Å². The predicted octanol–water partition coefficient (Wildman–Crippen LogP) is 8.63. The van der Waals surface area contributed by atoms with E-state index in [4.69, 9.17) is 18.9 Å². The largest absolute Gasteiger partial charge is 0.490 e. The maximum Gasteiger partial charge on any atom is 0.346 e. The van der Waals surface area contributed by atoms with Crippen molar-refractivity contribution >= 4 is 33.9 Å². The van der Waals surface area contributed by atoms with Crippen LogP contribution in [0.15, 0.2) is 91.0 Å². The molecule has 12 nitrogen and oxygen atoms in total. The van der Waals surface area contributed by atoms with Crippen LogP contribution in [-0.4, -0.2) is 46.0 Å². The molecule has 0 amide bonds. The number of hydrogen-bond acceptors (Lipinski definition) is 10. The Bertz CT molecular complexity index is 2070. The summed E-state index contributed by atoms with van der Waals surface area (Å²) in [7, 11) is 0. The van der Waals surface area contributed by atoms with Crippen molar-refractivity contribution in [3.63, 3.8) is 0 Å². The number of ether oxygens (including phenoxy) is 4. The molecular formula is C43H44N2O10. The van der Waals surface area contributed by atoms with Crippen LogP contribution in [0.5, 0.6) is 5.75 Å². The summed E-state index contributed by atoms with van der Waals surface area (Å²) in [5, 5.41) is 25.3. The van der Waals surface area contributed by atoms with Crippen molar-refractivity contribution in [2.75, 3.05) is 0 Å². The van der Waals surface area contributed by atoms with Gasteiger partial charge in [0.1, 0.15) is 17.6 Å². The van der Waals surface area contributed by atoms with Crippen LogP contribution in [0.3, 0.4) is 0 Å². The number of nitro groups is 2. The number of ketones is 1. The second-order valence-corrected chi connectivity index (χ2v) is 14.2. The maximum atomic E-state index is 13.8. The van der Waals surface area contributed by atoms with Crippen molar-refractivity contribution in [3.05, 3.63) is 122 Å². The lowest BCUT2D eigenvalue weighted by molar-refractivity contribution is -0.422. The number of carbonyl (C=O) groups excluding carboxylic acids is 2. The highest BCUT2D eigenvalue weighted by Gasteiger charge is 2.51. The van der Waals surface area contributed by atoms with Crippen LogP contribution in [0.1, 0.15) is 76.2 Å². The van der Waals surface area contributed by atoms with Gasteiger partial charge < -0.3 is 18.9 Å². The Hall–Kier alpha value is -5.64. The molecule has 0 aromatic heterocycles. The van der Waals surface area contributed by atoms with Crippen LogP contribution in [-0.2, 0) is 30.2 Å². The molecule has 4 aromatic carbocycles. The van der Waals surface area contributed by atoms with Gasteiger partial charge >= 0.3 is 17.3 Å². The van der Waals surface area contributed by atoms with E-state index in [0.717, 1.165) is 41.5 Å². The Kier molecular flexibility index (Phi) is 12.9. The first-order valence-electron chi connectivity index (χ1n) is 18.7. The third-order valence-electron chi connectivity index (χ3n) is 10.0. The van der Waals surface area contributed by atoms with E-state index in [9.17, 15) is 29.8 Å². The van der Waals surface area contributed by atoms with Gasteiger partial charge in [-0.15, -0.1) is 5.92 Å². The smallest absolute Gasteiger partial charge is 0.346 e. The first-order valence-corrected chi connectivity index (χ1v) is 18.7. The number of nitrogens with zero attached hydrogens (tertiary/aromatic N) is 2. The summed E-state index contributed by atoms with van der Waals surface area (Å²) in [6.07, 6.45) is 0.726. The third kappa shape index (κ3) is 9.92. The Morgan fingerprint density at radius 2 is 1.65 bits per heavy atom. The van der Waals surface area contributed by atoms with Gasteiger partial charge in [0.25, 0.3) is 0 Å². The predicted molar refractivity (Wildman–Crippen MR) is 204 cm³/mol. The molecule has 4 aromatic rings. The summed E-state index contributed by atoms with van der Waals surface area (Å²) in [5.41, 5.74) is 0.0454. The average molecular weight is 749 g/mol. The number of benzene rings is 4. The average Bonchev–Trinajstić information content (AvgIpc) is 3.50. The fourth-order valence-corrected chi connectivity index (χ4v) is 7.44. The quantitative estimate of drug-likeness (QED) is 0.0379. The maximum absolute atomic E-state index is 13.8. The molecule has 6 rings (SSSR count). The molecule has 1 saturated heterocycles. The number of fused-ring (bicyclic) bond motifs is 2. The molecule has 12 heteroatoms. The summed E-state index contributed by atoms with van der Waals surface area (Å²) < 4.78 is 24.6. The molecule has 1 unspecified atom stereocenters. The molecule has 55 heavy (non-hydrogen) atoms. The number of nitro benzene ring substituents is 2. The number of aryl methyl sites for hydroxylation is 1. The van der Waals surface area contributed by atoms with Gasteiger partial charge in [-0.2, -0.15) is 0 Å². The second-order valence-electron chi connectivity index (χ2n) is 14.2. The highest BCUT2D eigenvalue weighted by Crippen LogP contribution is 2.46. The normalized spacial score (nSPS) is 21.0. The lowest BCUT2D eigenvalue weighted by atomic mass is 9.84. The minimum absolute atomic E-state index is 0.00383. The summed E-state index contributed by atoms with van der Waals surface area (Å²) in [5.74, 6) is 5.87. The van der Waals surface area contributed by atoms with E-state index in [1.807, 2.05) is 60.7 Å². The third-order valence-corrected chi connectivity index (χ3v) is 10.0. The van der Waals surface area contributed by atoms with E-state index >= 15 is 0 Å². The van der Waals surface area contributed by atoms with Gasteiger partial charge in [-0.05, 0) is 69.0 Å². The van der Waals surface area contributed by atoms with E-state index in [2.05, 4.69) is 24.0 Å². The minimum atomic E-state index is -1.15. The Morgan fingerprint density at radius 3 is 2.42 bits per heavy atom. The van der Waals surface area contributed by atoms with E-state index < -0.39 is 51.6 Å². The first-order chi connectivity index (χ1) is 26.6. The molecule has 286 valence electrons. The van der Waals surface area contributed by atoms with E-state index in [-0.39, 0.29) is 42.4 Å². The van der Waals surface area contributed by atoms with Crippen LogP contribution in [0.4, 0.5) is 11.4 Å². The summed E-state index contributed by atoms with van der Waals surface area (Å²) in [4.78, 5) is 47.5. The van der Waals surface area contributed by atoms with E-state index in [1.165, 1.54) is 11.6 Å². The van der Waals surface area contributed by atoms with Crippen molar-refractivity contribution in [2.24, 2.45) is 11.8 Å². The van der Waals surface area contributed by atoms with Gasteiger partial charge in [0.05, 0.1) is 28.2 Å². The number of esters is 1. The van der Waals surface area contributed by atoms with E-state index in [1.54, 1.807) is 13.8 Å². The molecule has 6 atom stereocenters. The SMILES string of the molecule is CC(C)OC(=O)CCCC#CC1O[C@@H](c2ccc([N+](=O)[O-])c([N+](=O)[O-])c2)O[C@H]2CC(=O)[C@H](CC[C@H](CCc3ccccc3)Oc3cccc4ccccc34)[C@@H]12. The number of unbranched alkanes of at least 4 members (excludes halogenated alkanes) is 1. The first kappa shape index (κ1) is 39.1. The summed E-state index contributed by atoms with van der Waals surface area (Å²) in [6, 6.07) is 27.7.